The molecule has 10 atom stereocenters. The lowest BCUT2D eigenvalue weighted by Gasteiger charge is -2.27. The Bertz CT molecular complexity index is 2700. The molecule has 2 unspecified atom stereocenters. The largest absolute Gasteiger partial charge is 0.475 e. The topological polar surface area (TPSA) is 272 Å². The van der Waals surface area contributed by atoms with E-state index in [-0.39, 0.29) is 40.6 Å². The molecule has 28 heteroatoms. The quantitative estimate of drug-likeness (QED) is 0.0937. The van der Waals surface area contributed by atoms with Crippen molar-refractivity contribution in [3.05, 3.63) is 76.6 Å². The molecule has 4 N–H and O–H groups in total. The van der Waals surface area contributed by atoms with Gasteiger partial charge < -0.3 is 29.1 Å². The lowest BCUT2D eigenvalue weighted by molar-refractivity contribution is -0.118. The number of amides is 2. The summed E-state index contributed by atoms with van der Waals surface area (Å²) in [6, 6.07) is 8.26. The molecule has 0 aliphatic carbocycles. The fourth-order valence-electron chi connectivity index (χ4n) is 6.64. The predicted molar refractivity (Wildman–Crippen MR) is 212 cm³/mol. The fourth-order valence-corrected chi connectivity index (χ4v) is 9.42. The van der Waals surface area contributed by atoms with Crippen LogP contribution in [0.5, 0.6) is 0 Å². The van der Waals surface area contributed by atoms with Gasteiger partial charge in [-0.2, -0.15) is 4.98 Å². The van der Waals surface area contributed by atoms with E-state index in [0.29, 0.717) is 5.56 Å². The third kappa shape index (κ3) is 8.79. The van der Waals surface area contributed by atoms with Crippen molar-refractivity contribution in [3.8, 4) is 0 Å². The Morgan fingerprint density at radius 2 is 1.69 bits per heavy atom. The standard InChI is InChI=1S/C34H35F2N11O12P2S/c1-16(2)29(48)44-34-43-28-23(31(50)45-34)41-15-47(28)33-25-20(35)18(56-33)11-54-60(51,53-10-9-37-3)58-24-19(12-55-61(52,62)59-25)57-32(21(24)36)46-14-40-22-26(38-13-39-27(22)46)42-30(49)17-7-5-4-6-8-17/h4-8,13-16,18-21,24-25,32-33H,9-12H2,1-2H3,(H,52,62)(H,38,39,42,49)(H2,43,44,45,48,50)/t18-,19-,20-,21+,24-,25-,32-,33-,60?,61?/m1/s1. The van der Waals surface area contributed by atoms with Crippen LogP contribution in [0.2, 0.25) is 0 Å². The number of anilines is 2. The van der Waals surface area contributed by atoms with Crippen LogP contribution in [0.4, 0.5) is 20.5 Å². The minimum Gasteiger partial charge on any atom is -0.346 e. The number of ether oxygens (including phenoxy) is 2. The van der Waals surface area contributed by atoms with Crippen LogP contribution in [0.3, 0.4) is 0 Å². The van der Waals surface area contributed by atoms with Crippen molar-refractivity contribution in [2.24, 2.45) is 5.92 Å². The number of nitrogens with one attached hydrogen (secondary N) is 3. The number of alkyl halides is 2. The van der Waals surface area contributed by atoms with Gasteiger partial charge in [0, 0.05) is 11.5 Å². The van der Waals surface area contributed by atoms with Crippen LogP contribution in [0, 0.1) is 12.5 Å². The SMILES string of the molecule is [C-]#[N+]CCOP1(=O)OC[C@H]2O[C@@H](n3cnc4c(=O)[nH]c(NC(=O)C(C)C)nc43)[C@H](OP(O)(=S)OC[C@H]3O[C@@H](n4cnc5c(NC(=O)c6ccccc6)ncnc54)[C@@H](F)[C@@H]3O1)[C@@H]2F. The second-order valence-corrected chi connectivity index (χ2v) is 18.5. The summed E-state index contributed by atoms with van der Waals surface area (Å²) in [7, 11) is -4.97. The summed E-state index contributed by atoms with van der Waals surface area (Å²) in [5, 5.41) is 5.11. The molecule has 7 heterocycles. The number of H-pyrrole nitrogens is 1. The fraction of sp³-hybridized carbons (Fsp3) is 0.441. The Kier molecular flexibility index (Phi) is 12.4. The highest BCUT2D eigenvalue weighted by molar-refractivity contribution is 8.07. The third-order valence-corrected chi connectivity index (χ3v) is 12.7. The minimum atomic E-state index is -4.97. The van der Waals surface area contributed by atoms with Gasteiger partial charge >= 0.3 is 14.5 Å². The van der Waals surface area contributed by atoms with E-state index in [1.807, 2.05) is 0 Å². The maximum absolute atomic E-state index is 16.8. The van der Waals surface area contributed by atoms with E-state index in [1.54, 1.807) is 44.2 Å². The molecule has 328 valence electrons. The zero-order valence-electron chi connectivity index (χ0n) is 32.2. The first-order valence-electron chi connectivity index (χ1n) is 18.6. The van der Waals surface area contributed by atoms with Gasteiger partial charge in [-0.1, -0.05) is 32.0 Å². The van der Waals surface area contributed by atoms with Crippen LogP contribution in [-0.4, -0.2) is 119 Å². The lowest BCUT2D eigenvalue weighted by atomic mass is 10.1. The normalized spacial score (nSPS) is 30.3. The molecule has 62 heavy (non-hydrogen) atoms. The highest BCUT2D eigenvalue weighted by atomic mass is 32.5. The number of hydrogen-bond acceptors (Lipinski definition) is 17. The monoisotopic (exact) mass is 921 g/mol. The van der Waals surface area contributed by atoms with Crippen LogP contribution in [0.15, 0.2) is 54.1 Å². The summed E-state index contributed by atoms with van der Waals surface area (Å²) < 4.78 is 89.8. The maximum Gasteiger partial charge on any atom is 0.475 e. The Hall–Kier alpha value is -5.03. The second kappa shape index (κ2) is 17.6. The number of aromatic amines is 1. The van der Waals surface area contributed by atoms with Gasteiger partial charge in [-0.05, 0) is 23.9 Å². The Morgan fingerprint density at radius 1 is 0.984 bits per heavy atom. The Morgan fingerprint density at radius 3 is 2.44 bits per heavy atom. The molecule has 3 fully saturated rings. The Balaban J connectivity index is 1.10. The van der Waals surface area contributed by atoms with Crippen LogP contribution >= 0.6 is 14.5 Å². The average molecular weight is 922 g/mol. The number of carbonyl (C=O) groups excluding carboxylic acids is 2. The van der Waals surface area contributed by atoms with Gasteiger partial charge in [0.05, 0.1) is 25.9 Å². The molecular formula is C34H35F2N11O12P2S. The van der Waals surface area contributed by atoms with E-state index >= 15 is 8.78 Å². The van der Waals surface area contributed by atoms with Gasteiger partial charge in [0.1, 0.15) is 37.4 Å². The molecule has 3 aliphatic rings. The zero-order chi connectivity index (χ0) is 43.9. The summed E-state index contributed by atoms with van der Waals surface area (Å²) in [6.07, 6.45) is -11.4. The molecule has 8 rings (SSSR count). The van der Waals surface area contributed by atoms with Gasteiger partial charge in [-0.15, -0.1) is 0 Å². The van der Waals surface area contributed by atoms with E-state index in [9.17, 15) is 23.8 Å². The summed E-state index contributed by atoms with van der Waals surface area (Å²) in [5.41, 5.74) is -0.831. The number of hydrogen-bond donors (Lipinski definition) is 4. The summed E-state index contributed by atoms with van der Waals surface area (Å²) >= 11 is 5.29. The van der Waals surface area contributed by atoms with E-state index in [4.69, 9.17) is 50.5 Å². The highest BCUT2D eigenvalue weighted by Gasteiger charge is 2.55. The lowest BCUT2D eigenvalue weighted by Crippen LogP contribution is -2.34. The Labute approximate surface area is 353 Å². The van der Waals surface area contributed by atoms with Crippen molar-refractivity contribution in [2.75, 3.05) is 37.0 Å². The van der Waals surface area contributed by atoms with E-state index < -0.39 is 107 Å². The number of benzene rings is 1. The molecule has 0 radical (unpaired) electrons. The van der Waals surface area contributed by atoms with E-state index in [2.05, 4.69) is 45.4 Å². The average Bonchev–Trinajstić information content (AvgIpc) is 4.01. The molecule has 1 aromatic carbocycles. The first kappa shape index (κ1) is 43.6. The van der Waals surface area contributed by atoms with E-state index in [1.165, 1.54) is 0 Å². The van der Waals surface area contributed by atoms with Crippen molar-refractivity contribution >= 4 is 72.3 Å². The number of phosphoric acid groups is 1. The van der Waals surface area contributed by atoms with Gasteiger partial charge in [0.25, 0.3) is 11.5 Å². The number of carbonyl (C=O) groups is 2. The number of imidazole rings is 2. The molecular weight excluding hydrogens is 886 g/mol. The first-order valence-corrected chi connectivity index (χ1v) is 22.7. The number of nitrogens with zero attached hydrogens (tertiary/aromatic N) is 8. The second-order valence-electron chi connectivity index (χ2n) is 14.1. The van der Waals surface area contributed by atoms with Crippen molar-refractivity contribution < 1.29 is 59.9 Å². The van der Waals surface area contributed by atoms with Crippen molar-refractivity contribution in [2.45, 2.75) is 63.1 Å². The molecule has 3 aliphatic heterocycles. The van der Waals surface area contributed by atoms with Crippen LogP contribution in [-0.2, 0) is 53.3 Å². The molecule has 23 nitrogen and oxygen atoms in total. The minimum absolute atomic E-state index is 0.000708. The molecule has 3 saturated heterocycles. The van der Waals surface area contributed by atoms with Gasteiger partial charge in [-0.3, -0.25) is 51.9 Å². The van der Waals surface area contributed by atoms with Crippen molar-refractivity contribution in [1.82, 2.24) is 39.0 Å². The zero-order valence-corrected chi connectivity index (χ0v) is 34.8. The first-order chi connectivity index (χ1) is 29.6. The van der Waals surface area contributed by atoms with E-state index in [0.717, 1.165) is 28.1 Å². The van der Waals surface area contributed by atoms with Crippen molar-refractivity contribution in [1.29, 1.82) is 0 Å². The van der Waals surface area contributed by atoms with Crippen LogP contribution < -0.4 is 16.2 Å². The molecule has 2 amide bonds. The molecule has 0 spiro atoms. The summed E-state index contributed by atoms with van der Waals surface area (Å²) in [4.78, 5) is 76.1. The summed E-state index contributed by atoms with van der Waals surface area (Å²) in [6.45, 7) is 3.26. The number of phosphoric ester groups is 1. The summed E-state index contributed by atoms with van der Waals surface area (Å²) in [5.74, 6) is -1.74. The third-order valence-electron chi connectivity index (χ3n) is 9.66. The van der Waals surface area contributed by atoms with Gasteiger partial charge in [0.15, 0.2) is 52.9 Å². The smallest absolute Gasteiger partial charge is 0.346 e. The number of fused-ring (bicyclic) bond motifs is 5. The molecule has 5 aromatic rings. The molecule has 4 aromatic heterocycles. The predicted octanol–water partition coefficient (Wildman–Crippen LogP) is 3.36. The van der Waals surface area contributed by atoms with Crippen molar-refractivity contribution in [3.63, 3.8) is 0 Å². The van der Waals surface area contributed by atoms with Gasteiger partial charge in [-0.25, -0.2) is 39.9 Å². The van der Waals surface area contributed by atoms with Crippen LogP contribution in [0.25, 0.3) is 27.2 Å². The number of halogens is 2. The van der Waals surface area contributed by atoms with Gasteiger partial charge in [0.2, 0.25) is 18.4 Å². The van der Waals surface area contributed by atoms with Crippen LogP contribution in [0.1, 0.15) is 36.7 Å². The number of rotatable bonds is 9. The maximum atomic E-state index is 16.8. The molecule has 0 saturated carbocycles. The number of aromatic nitrogens is 8. The molecule has 2 bridgehead atoms. The highest BCUT2D eigenvalue weighted by Crippen LogP contribution is 2.57.